The van der Waals surface area contributed by atoms with Crippen LogP contribution in [0.5, 0.6) is 0 Å². The molecule has 0 N–H and O–H groups in total. The summed E-state index contributed by atoms with van der Waals surface area (Å²) in [4.78, 5) is 0. The summed E-state index contributed by atoms with van der Waals surface area (Å²) in [5.41, 5.74) is 3.63. The molecule has 0 amide bonds. The van der Waals surface area contributed by atoms with Gasteiger partial charge >= 0.3 is 0 Å². The van der Waals surface area contributed by atoms with E-state index in [0.29, 0.717) is 0 Å². The Hall–Kier alpha value is -1.33. The third-order valence-electron chi connectivity index (χ3n) is 3.30. The molecular weight excluding hydrogens is 174 g/mol. The molecule has 1 spiro atoms. The lowest BCUT2D eigenvalue weighted by atomic mass is 9.96. The van der Waals surface area contributed by atoms with Crippen LogP contribution in [0.15, 0.2) is 18.2 Å². The minimum Gasteiger partial charge on any atom is -0.345 e. The lowest BCUT2D eigenvalue weighted by molar-refractivity contribution is 0.302. The summed E-state index contributed by atoms with van der Waals surface area (Å²) < 4.78 is 5.53. The Labute approximate surface area is 83.1 Å². The normalized spacial score (nSPS) is 32.7. The van der Waals surface area contributed by atoms with Crippen LogP contribution < -0.4 is 0 Å². The van der Waals surface area contributed by atoms with E-state index in [0.717, 1.165) is 12.8 Å². The zero-order valence-electron chi connectivity index (χ0n) is 8.08. The highest BCUT2D eigenvalue weighted by Gasteiger charge is 2.61. The lowest BCUT2D eigenvalue weighted by Gasteiger charge is -2.05. The molecule has 2 nitrogen and oxygen atoms in total. The zero-order chi connectivity index (χ0) is 9.76. The molecule has 14 heavy (non-hydrogen) atoms. The largest absolute Gasteiger partial charge is 0.345 e. The van der Waals surface area contributed by atoms with Crippen LogP contribution in [0.1, 0.15) is 23.1 Å². The van der Waals surface area contributed by atoms with Crippen molar-refractivity contribution in [2.24, 2.45) is 0 Å². The first-order valence-electron chi connectivity index (χ1n) is 4.94. The van der Waals surface area contributed by atoms with Crippen molar-refractivity contribution < 1.29 is 4.74 Å². The molecule has 1 fully saturated rings. The molecule has 0 aromatic heterocycles. The minimum absolute atomic E-state index is 0.203. The number of fused-ring (bicyclic) bond motifs is 2. The number of hydrogen-bond donors (Lipinski definition) is 0. The number of rotatable bonds is 0. The number of benzene rings is 1. The van der Waals surface area contributed by atoms with Gasteiger partial charge in [0, 0.05) is 0 Å². The SMILES string of the molecule is Cc1ccc2c(c1)C1(CC2)OC1C#N. The second-order valence-electron chi connectivity index (χ2n) is 4.18. The van der Waals surface area contributed by atoms with Gasteiger partial charge in [0.15, 0.2) is 6.10 Å². The number of ether oxygens (including phenoxy) is 1. The molecule has 0 bridgehead atoms. The third-order valence-corrected chi connectivity index (χ3v) is 3.30. The molecule has 0 saturated carbocycles. The number of aryl methyl sites for hydroxylation is 2. The van der Waals surface area contributed by atoms with Crippen LogP contribution in [0, 0.1) is 18.3 Å². The maximum absolute atomic E-state index is 8.85. The maximum Gasteiger partial charge on any atom is 0.178 e. The molecule has 70 valence electrons. The zero-order valence-corrected chi connectivity index (χ0v) is 8.08. The van der Waals surface area contributed by atoms with Crippen molar-refractivity contribution in [2.45, 2.75) is 31.5 Å². The van der Waals surface area contributed by atoms with Crippen molar-refractivity contribution in [1.29, 1.82) is 5.26 Å². The summed E-state index contributed by atoms with van der Waals surface area (Å²) in [6, 6.07) is 8.66. The van der Waals surface area contributed by atoms with Gasteiger partial charge in [-0.05, 0) is 30.9 Å². The Morgan fingerprint density at radius 2 is 2.43 bits per heavy atom. The Bertz CT molecular complexity index is 446. The molecule has 2 aliphatic rings. The van der Waals surface area contributed by atoms with Crippen molar-refractivity contribution in [1.82, 2.24) is 0 Å². The van der Waals surface area contributed by atoms with Gasteiger partial charge in [-0.2, -0.15) is 5.26 Å². The Morgan fingerprint density at radius 3 is 3.14 bits per heavy atom. The molecule has 1 heterocycles. The topological polar surface area (TPSA) is 36.3 Å². The van der Waals surface area contributed by atoms with Crippen molar-refractivity contribution in [3.05, 3.63) is 34.9 Å². The van der Waals surface area contributed by atoms with Gasteiger partial charge in [0.2, 0.25) is 0 Å². The second kappa shape index (κ2) is 2.37. The van der Waals surface area contributed by atoms with E-state index >= 15 is 0 Å². The Balaban J connectivity index is 2.12. The van der Waals surface area contributed by atoms with Gasteiger partial charge < -0.3 is 4.74 Å². The van der Waals surface area contributed by atoms with E-state index in [-0.39, 0.29) is 11.7 Å². The summed E-state index contributed by atoms with van der Waals surface area (Å²) in [5, 5.41) is 8.85. The summed E-state index contributed by atoms with van der Waals surface area (Å²) in [7, 11) is 0. The quantitative estimate of drug-likeness (QED) is 0.580. The van der Waals surface area contributed by atoms with Crippen LogP contribution in [0.25, 0.3) is 0 Å². The van der Waals surface area contributed by atoms with Gasteiger partial charge in [0.1, 0.15) is 5.60 Å². The standard InChI is InChI=1S/C12H11NO/c1-8-2-3-9-4-5-12(10(9)6-8)11(7-13)14-12/h2-3,6,11H,4-5H2,1H3. The summed E-state index contributed by atoms with van der Waals surface area (Å²) in [6.45, 7) is 2.08. The molecule has 3 rings (SSSR count). The van der Waals surface area contributed by atoms with Crippen molar-refractivity contribution >= 4 is 0 Å². The first-order chi connectivity index (χ1) is 6.76. The van der Waals surface area contributed by atoms with E-state index in [1.54, 1.807) is 0 Å². The van der Waals surface area contributed by atoms with Crippen LogP contribution in [0.2, 0.25) is 0 Å². The molecule has 2 unspecified atom stereocenters. The molecule has 1 saturated heterocycles. The van der Waals surface area contributed by atoms with Crippen molar-refractivity contribution in [3.8, 4) is 6.07 Å². The van der Waals surface area contributed by atoms with Gasteiger partial charge in [-0.1, -0.05) is 23.8 Å². The first-order valence-corrected chi connectivity index (χ1v) is 4.94. The van der Waals surface area contributed by atoms with Crippen LogP contribution in [0.4, 0.5) is 0 Å². The Morgan fingerprint density at radius 1 is 1.57 bits per heavy atom. The fourth-order valence-electron chi connectivity index (χ4n) is 2.46. The predicted octanol–water partition coefficient (Wildman–Crippen LogP) is 2.06. The first kappa shape index (κ1) is 8.02. The highest BCUT2D eigenvalue weighted by atomic mass is 16.6. The van der Waals surface area contributed by atoms with Gasteiger partial charge in [-0.15, -0.1) is 0 Å². The third kappa shape index (κ3) is 0.830. The highest BCUT2D eigenvalue weighted by Crippen LogP contribution is 2.54. The molecule has 1 aromatic rings. The smallest absolute Gasteiger partial charge is 0.178 e. The summed E-state index contributed by atoms with van der Waals surface area (Å²) >= 11 is 0. The lowest BCUT2D eigenvalue weighted by Crippen LogP contribution is -2.07. The molecule has 1 aliphatic carbocycles. The second-order valence-corrected chi connectivity index (χ2v) is 4.18. The Kier molecular flexibility index (Phi) is 1.36. The predicted molar refractivity (Wildman–Crippen MR) is 51.7 cm³/mol. The number of nitrogens with zero attached hydrogens (tertiary/aromatic N) is 1. The van der Waals surface area contributed by atoms with E-state index in [1.807, 2.05) is 0 Å². The van der Waals surface area contributed by atoms with Gasteiger partial charge in [0.05, 0.1) is 6.07 Å². The molecule has 0 radical (unpaired) electrons. The molecular formula is C12H11NO. The number of nitriles is 1. The maximum atomic E-state index is 8.85. The van der Waals surface area contributed by atoms with E-state index in [9.17, 15) is 0 Å². The van der Waals surface area contributed by atoms with Gasteiger partial charge in [-0.3, -0.25) is 0 Å². The fourth-order valence-corrected chi connectivity index (χ4v) is 2.46. The fraction of sp³-hybridized carbons (Fsp3) is 0.417. The van der Waals surface area contributed by atoms with Gasteiger partial charge in [-0.25, -0.2) is 0 Å². The van der Waals surface area contributed by atoms with Gasteiger partial charge in [0.25, 0.3) is 0 Å². The van der Waals surface area contributed by atoms with Crippen LogP contribution >= 0.6 is 0 Å². The molecule has 2 heteroatoms. The average Bonchev–Trinajstić information content (AvgIpc) is 2.80. The minimum atomic E-state index is -0.226. The van der Waals surface area contributed by atoms with E-state index in [2.05, 4.69) is 31.2 Å². The monoisotopic (exact) mass is 185 g/mol. The number of hydrogen-bond acceptors (Lipinski definition) is 2. The van der Waals surface area contributed by atoms with Crippen LogP contribution in [-0.4, -0.2) is 6.10 Å². The molecule has 1 aromatic carbocycles. The van der Waals surface area contributed by atoms with E-state index in [1.165, 1.54) is 16.7 Å². The van der Waals surface area contributed by atoms with Crippen molar-refractivity contribution in [3.63, 3.8) is 0 Å². The molecule has 2 atom stereocenters. The summed E-state index contributed by atoms with van der Waals surface area (Å²) in [5.74, 6) is 0. The van der Waals surface area contributed by atoms with Crippen molar-refractivity contribution in [2.75, 3.05) is 0 Å². The highest BCUT2D eigenvalue weighted by molar-refractivity contribution is 5.45. The van der Waals surface area contributed by atoms with Crippen LogP contribution in [-0.2, 0) is 16.8 Å². The van der Waals surface area contributed by atoms with Crippen LogP contribution in [0.3, 0.4) is 0 Å². The van der Waals surface area contributed by atoms with E-state index < -0.39 is 0 Å². The number of epoxide rings is 1. The van der Waals surface area contributed by atoms with E-state index in [4.69, 9.17) is 10.00 Å². The average molecular weight is 185 g/mol. The molecule has 1 aliphatic heterocycles. The summed E-state index contributed by atoms with van der Waals surface area (Å²) in [6.07, 6.45) is 1.82.